The Labute approximate surface area is 177 Å². The number of hydrogen-bond donors (Lipinski definition) is 0. The van der Waals surface area contributed by atoms with Gasteiger partial charge in [0.1, 0.15) is 6.54 Å². The van der Waals surface area contributed by atoms with E-state index in [1.165, 1.54) is 32.1 Å². The average molecular weight is 451 g/mol. The first-order valence-corrected chi connectivity index (χ1v) is 11.7. The maximum Gasteiger partial charge on any atom is 0.102 e. The lowest BCUT2D eigenvalue weighted by atomic mass is 9.78. The summed E-state index contributed by atoms with van der Waals surface area (Å²) in [5.74, 6) is 0. The molecule has 0 radical (unpaired) electrons. The lowest BCUT2D eigenvalue weighted by molar-refractivity contribution is -0.918. The smallest absolute Gasteiger partial charge is 0.102 e. The van der Waals surface area contributed by atoms with Crippen molar-refractivity contribution in [3.63, 3.8) is 0 Å². The van der Waals surface area contributed by atoms with Crippen LogP contribution < -0.4 is 0 Å². The minimum Gasteiger partial charge on any atom is -0.381 e. The van der Waals surface area contributed by atoms with Crippen molar-refractivity contribution in [3.05, 3.63) is 0 Å². The molecule has 1 fully saturated rings. The van der Waals surface area contributed by atoms with Crippen LogP contribution in [0.2, 0.25) is 0 Å². The van der Waals surface area contributed by atoms with Gasteiger partial charge in [-0.25, -0.2) is 3.93 Å². The Hall–Kier alpha value is 0.320. The number of ether oxygens (including phenoxy) is 2. The monoisotopic (exact) mass is 449 g/mol. The van der Waals surface area contributed by atoms with Crippen molar-refractivity contribution in [2.24, 2.45) is 0 Å². The van der Waals surface area contributed by atoms with Crippen molar-refractivity contribution in [1.29, 1.82) is 0 Å². The van der Waals surface area contributed by atoms with E-state index in [0.29, 0.717) is 6.04 Å². The van der Waals surface area contributed by atoms with Gasteiger partial charge < -0.3 is 14.0 Å². The predicted molar refractivity (Wildman–Crippen MR) is 119 cm³/mol. The maximum absolute atomic E-state index is 5.95. The number of unbranched alkanes of at least 4 members (excludes halogenated alkanes) is 3. The first kappa shape index (κ1) is 25.4. The molecule has 0 unspecified atom stereocenters. The van der Waals surface area contributed by atoms with Gasteiger partial charge in [-0.05, 0) is 53.4 Å². The van der Waals surface area contributed by atoms with Crippen LogP contribution in [-0.2, 0) is 9.47 Å². The van der Waals surface area contributed by atoms with Crippen LogP contribution in [0.4, 0.5) is 0 Å². The molecule has 1 rings (SSSR count). The third-order valence-corrected chi connectivity index (χ3v) is 7.97. The number of quaternary nitrogens is 1. The summed E-state index contributed by atoms with van der Waals surface area (Å²) in [6.07, 6.45) is 8.31. The Morgan fingerprint density at radius 1 is 0.852 bits per heavy atom. The standard InChI is InChI=1S/C22H46BrN2O2/c1-8-9-14-26-15-11-10-12-16-27-17-13-25(6,7)20-18-21(2,3)24(23)22(4,5)19-20/h20H,8-19H2,1-7H3/q+1. The van der Waals surface area contributed by atoms with Crippen LogP contribution in [0, 0.1) is 0 Å². The van der Waals surface area contributed by atoms with Gasteiger partial charge in [-0.2, -0.15) is 0 Å². The molecule has 1 saturated heterocycles. The lowest BCUT2D eigenvalue weighted by Gasteiger charge is -2.55. The Morgan fingerprint density at radius 3 is 1.85 bits per heavy atom. The van der Waals surface area contributed by atoms with E-state index in [2.05, 4.69) is 68.8 Å². The van der Waals surface area contributed by atoms with E-state index in [1.807, 2.05) is 0 Å². The SMILES string of the molecule is CCCCOCCCCCOCC[N+](C)(C)C1CC(C)(C)N(Br)C(C)(C)C1. The number of likely N-dealkylation sites (N-methyl/N-ethyl adjacent to an activating group) is 1. The Bertz CT molecular complexity index is 395. The summed E-state index contributed by atoms with van der Waals surface area (Å²) < 4.78 is 15.0. The first-order valence-electron chi connectivity index (χ1n) is 11.0. The minimum atomic E-state index is 0.169. The second-order valence-electron chi connectivity index (χ2n) is 10.1. The highest BCUT2D eigenvalue weighted by molar-refractivity contribution is 9.07. The highest BCUT2D eigenvalue weighted by Gasteiger charge is 2.49. The van der Waals surface area contributed by atoms with Gasteiger partial charge in [0.15, 0.2) is 0 Å². The zero-order valence-corrected chi connectivity index (χ0v) is 20.7. The second-order valence-corrected chi connectivity index (χ2v) is 10.8. The van der Waals surface area contributed by atoms with Gasteiger partial charge in [-0.3, -0.25) is 0 Å². The molecule has 1 aliphatic rings. The summed E-state index contributed by atoms with van der Waals surface area (Å²) in [6.45, 7) is 16.2. The number of halogens is 1. The Kier molecular flexibility index (Phi) is 10.8. The zero-order chi connectivity index (χ0) is 20.6. The molecule has 0 aliphatic carbocycles. The molecule has 0 aromatic carbocycles. The molecule has 0 atom stereocenters. The first-order chi connectivity index (χ1) is 12.5. The Balaban J connectivity index is 2.22. The van der Waals surface area contributed by atoms with Gasteiger partial charge >= 0.3 is 0 Å². The molecule has 0 aromatic heterocycles. The van der Waals surface area contributed by atoms with Crippen LogP contribution in [0.1, 0.15) is 79.6 Å². The number of nitrogens with zero attached hydrogens (tertiary/aromatic N) is 2. The summed E-state index contributed by atoms with van der Waals surface area (Å²) in [5, 5.41) is 0. The van der Waals surface area contributed by atoms with E-state index >= 15 is 0 Å². The van der Waals surface area contributed by atoms with Crippen molar-refractivity contribution in [1.82, 2.24) is 3.93 Å². The van der Waals surface area contributed by atoms with Gasteiger partial charge in [0, 0.05) is 59.9 Å². The number of rotatable bonds is 13. The van der Waals surface area contributed by atoms with Crippen molar-refractivity contribution in [3.8, 4) is 0 Å². The van der Waals surface area contributed by atoms with Crippen LogP contribution in [0.25, 0.3) is 0 Å². The number of piperidine rings is 1. The van der Waals surface area contributed by atoms with E-state index in [9.17, 15) is 0 Å². The zero-order valence-electron chi connectivity index (χ0n) is 19.2. The normalized spacial score (nSPS) is 20.9. The molecule has 4 nitrogen and oxygen atoms in total. The van der Waals surface area contributed by atoms with Gasteiger partial charge in [0.25, 0.3) is 0 Å². The van der Waals surface area contributed by atoms with E-state index < -0.39 is 0 Å². The lowest BCUT2D eigenvalue weighted by Crippen LogP contribution is -2.64. The summed E-state index contributed by atoms with van der Waals surface area (Å²) in [4.78, 5) is 0. The van der Waals surface area contributed by atoms with Gasteiger partial charge in [0.2, 0.25) is 0 Å². The fraction of sp³-hybridized carbons (Fsp3) is 1.00. The summed E-state index contributed by atoms with van der Waals surface area (Å²) >= 11 is 3.83. The van der Waals surface area contributed by atoms with E-state index in [0.717, 1.165) is 50.3 Å². The van der Waals surface area contributed by atoms with Crippen LogP contribution in [0.3, 0.4) is 0 Å². The van der Waals surface area contributed by atoms with E-state index in [4.69, 9.17) is 9.47 Å². The minimum absolute atomic E-state index is 0.169. The molecular weight excluding hydrogens is 404 g/mol. The molecule has 0 amide bonds. The van der Waals surface area contributed by atoms with Crippen LogP contribution in [0.5, 0.6) is 0 Å². The van der Waals surface area contributed by atoms with Crippen molar-refractivity contribution < 1.29 is 14.0 Å². The molecular formula is C22H46BrN2O2+. The maximum atomic E-state index is 5.95. The molecule has 162 valence electrons. The van der Waals surface area contributed by atoms with Gasteiger partial charge in [-0.15, -0.1) is 0 Å². The van der Waals surface area contributed by atoms with Crippen molar-refractivity contribution >= 4 is 16.1 Å². The van der Waals surface area contributed by atoms with E-state index in [1.54, 1.807) is 0 Å². The van der Waals surface area contributed by atoms with E-state index in [-0.39, 0.29) is 11.1 Å². The van der Waals surface area contributed by atoms with Crippen LogP contribution in [-0.4, -0.2) is 72.6 Å². The molecule has 0 aromatic rings. The summed E-state index contributed by atoms with van der Waals surface area (Å²) in [6, 6.07) is 0.660. The molecule has 0 spiro atoms. The molecule has 0 bridgehead atoms. The fourth-order valence-electron chi connectivity index (χ4n) is 4.22. The third-order valence-electron chi connectivity index (χ3n) is 6.05. The van der Waals surface area contributed by atoms with Crippen molar-refractivity contribution in [2.75, 3.05) is 47.1 Å². The quantitative estimate of drug-likeness (QED) is 0.213. The Morgan fingerprint density at radius 2 is 1.33 bits per heavy atom. The highest BCUT2D eigenvalue weighted by atomic mass is 79.9. The summed E-state index contributed by atoms with van der Waals surface area (Å²) in [7, 11) is 4.75. The molecule has 1 heterocycles. The van der Waals surface area contributed by atoms with Crippen molar-refractivity contribution in [2.45, 2.75) is 96.7 Å². The van der Waals surface area contributed by atoms with Crippen LogP contribution in [0.15, 0.2) is 0 Å². The third kappa shape index (κ3) is 8.69. The van der Waals surface area contributed by atoms with Gasteiger partial charge in [-0.1, -0.05) is 13.3 Å². The van der Waals surface area contributed by atoms with Crippen LogP contribution >= 0.6 is 16.1 Å². The molecule has 1 aliphatic heterocycles. The second kappa shape index (κ2) is 11.5. The summed E-state index contributed by atoms with van der Waals surface area (Å²) in [5.41, 5.74) is 0.337. The predicted octanol–water partition coefficient (Wildman–Crippen LogP) is 5.40. The van der Waals surface area contributed by atoms with Gasteiger partial charge in [0.05, 0.1) is 26.7 Å². The fourth-order valence-corrected chi connectivity index (χ4v) is 4.51. The molecule has 27 heavy (non-hydrogen) atoms. The average Bonchev–Trinajstić information content (AvgIpc) is 2.57. The largest absolute Gasteiger partial charge is 0.381 e. The molecule has 5 heteroatoms. The topological polar surface area (TPSA) is 21.7 Å². The molecule has 0 saturated carbocycles. The number of hydrogen-bond acceptors (Lipinski definition) is 3. The highest BCUT2D eigenvalue weighted by Crippen LogP contribution is 2.43. The molecule has 0 N–H and O–H groups in total.